The highest BCUT2D eigenvalue weighted by Gasteiger charge is 2.58. The Morgan fingerprint density at radius 2 is 1.80 bits per heavy atom. The molecule has 3 atom stereocenters. The summed E-state index contributed by atoms with van der Waals surface area (Å²) in [5.41, 5.74) is 2.00. The molecule has 1 spiro atoms. The van der Waals surface area contributed by atoms with Crippen LogP contribution >= 0.6 is 0 Å². The van der Waals surface area contributed by atoms with Gasteiger partial charge >= 0.3 is 0 Å². The van der Waals surface area contributed by atoms with Crippen molar-refractivity contribution in [3.63, 3.8) is 0 Å². The van der Waals surface area contributed by atoms with Gasteiger partial charge in [-0.1, -0.05) is 45.9 Å². The summed E-state index contributed by atoms with van der Waals surface area (Å²) in [7, 11) is 3.21. The molecule has 0 saturated heterocycles. The van der Waals surface area contributed by atoms with Crippen molar-refractivity contribution in [3.8, 4) is 11.5 Å². The van der Waals surface area contributed by atoms with Crippen LogP contribution in [0.2, 0.25) is 0 Å². The van der Waals surface area contributed by atoms with Crippen LogP contribution in [-0.2, 0) is 10.3 Å². The number of benzene rings is 2. The van der Waals surface area contributed by atoms with Crippen LogP contribution in [-0.4, -0.2) is 26.0 Å². The van der Waals surface area contributed by atoms with Gasteiger partial charge in [-0.3, -0.25) is 9.59 Å². The maximum absolute atomic E-state index is 12.9. The van der Waals surface area contributed by atoms with E-state index < -0.39 is 11.0 Å². The fourth-order valence-electron chi connectivity index (χ4n) is 4.75. The Balaban J connectivity index is 1.98. The lowest BCUT2D eigenvalue weighted by molar-refractivity contribution is -0.129. The van der Waals surface area contributed by atoms with Crippen LogP contribution in [0.5, 0.6) is 11.5 Å². The van der Waals surface area contributed by atoms with Gasteiger partial charge in [-0.15, -0.1) is 0 Å². The molecule has 2 N–H and O–H groups in total. The molecular formula is C24H28N2O4. The molecule has 6 nitrogen and oxygen atoms in total. The summed E-state index contributed by atoms with van der Waals surface area (Å²) in [6.45, 7) is 7.71. The van der Waals surface area contributed by atoms with Gasteiger partial charge in [-0.25, -0.2) is 0 Å². The highest BCUT2D eigenvalue weighted by Crippen LogP contribution is 2.57. The lowest BCUT2D eigenvalue weighted by Gasteiger charge is -2.34. The largest absolute Gasteiger partial charge is 0.497 e. The van der Waals surface area contributed by atoms with Crippen molar-refractivity contribution in [3.05, 3.63) is 58.7 Å². The van der Waals surface area contributed by atoms with Crippen molar-refractivity contribution >= 4 is 11.8 Å². The van der Waals surface area contributed by atoms with Gasteiger partial charge < -0.3 is 20.1 Å². The number of hydrogen-bond donors (Lipinski definition) is 2. The van der Waals surface area contributed by atoms with Gasteiger partial charge in [0.1, 0.15) is 11.5 Å². The van der Waals surface area contributed by atoms with E-state index in [1.807, 2.05) is 57.2 Å². The number of fused-ring (bicyclic) bond motifs is 4. The quantitative estimate of drug-likeness (QED) is 0.814. The third-order valence-corrected chi connectivity index (χ3v) is 6.37. The smallest absolute Gasteiger partial charge is 0.252 e. The number of carbonyl (C=O) groups excluding carboxylic acids is 2. The number of rotatable bonds is 3. The molecule has 2 aromatic rings. The van der Waals surface area contributed by atoms with Crippen LogP contribution in [0.3, 0.4) is 0 Å². The van der Waals surface area contributed by atoms with E-state index in [-0.39, 0.29) is 23.8 Å². The fourth-order valence-corrected chi connectivity index (χ4v) is 4.75. The lowest BCUT2D eigenvalue weighted by atomic mass is 9.78. The van der Waals surface area contributed by atoms with Crippen molar-refractivity contribution in [2.75, 3.05) is 14.2 Å². The minimum atomic E-state index is -0.777. The van der Waals surface area contributed by atoms with E-state index >= 15 is 0 Å². The summed E-state index contributed by atoms with van der Waals surface area (Å²) in [5.74, 6) is 0.947. The third kappa shape index (κ3) is 2.70. The minimum Gasteiger partial charge on any atom is -0.497 e. The van der Waals surface area contributed by atoms with Crippen LogP contribution < -0.4 is 20.1 Å². The molecule has 2 aliphatic rings. The molecule has 1 aliphatic heterocycles. The first-order valence-corrected chi connectivity index (χ1v) is 10.1. The van der Waals surface area contributed by atoms with Gasteiger partial charge in [0.2, 0.25) is 5.91 Å². The monoisotopic (exact) mass is 408 g/mol. The van der Waals surface area contributed by atoms with E-state index in [1.54, 1.807) is 14.2 Å². The average Bonchev–Trinajstić information content (AvgIpc) is 3.14. The molecule has 1 aliphatic carbocycles. The Labute approximate surface area is 177 Å². The van der Waals surface area contributed by atoms with Gasteiger partial charge in [0.25, 0.3) is 5.91 Å². The van der Waals surface area contributed by atoms with Gasteiger partial charge in [0.05, 0.1) is 25.8 Å². The van der Waals surface area contributed by atoms with Crippen LogP contribution in [0.1, 0.15) is 60.8 Å². The van der Waals surface area contributed by atoms with E-state index in [0.717, 1.165) is 16.7 Å². The highest BCUT2D eigenvalue weighted by atomic mass is 16.5. The molecule has 1 heterocycles. The zero-order valence-corrected chi connectivity index (χ0v) is 18.3. The van der Waals surface area contributed by atoms with Crippen molar-refractivity contribution in [1.82, 2.24) is 10.6 Å². The number of hydrogen-bond acceptors (Lipinski definition) is 4. The minimum absolute atomic E-state index is 0.0576. The molecule has 0 fully saturated rings. The molecule has 158 valence electrons. The molecule has 4 rings (SSSR count). The summed E-state index contributed by atoms with van der Waals surface area (Å²) in [4.78, 5) is 25.9. The number of nitrogens with one attached hydrogen (secondary N) is 2. The van der Waals surface area contributed by atoms with E-state index in [0.29, 0.717) is 17.1 Å². The second-order valence-corrected chi connectivity index (χ2v) is 9.09. The van der Waals surface area contributed by atoms with E-state index in [9.17, 15) is 9.59 Å². The second-order valence-electron chi connectivity index (χ2n) is 9.09. The molecular weight excluding hydrogens is 380 g/mol. The summed E-state index contributed by atoms with van der Waals surface area (Å²) < 4.78 is 11.2. The molecule has 2 aromatic carbocycles. The molecule has 0 unspecified atom stereocenters. The van der Waals surface area contributed by atoms with E-state index in [4.69, 9.17) is 9.47 Å². The maximum atomic E-state index is 12.9. The van der Waals surface area contributed by atoms with Gasteiger partial charge in [0, 0.05) is 28.5 Å². The first-order chi connectivity index (χ1) is 14.1. The summed E-state index contributed by atoms with van der Waals surface area (Å²) in [6, 6.07) is 11.1. The SMILES string of the molecule is COc1cc(OC)c2c(c1)[C@@]1(NC(=O)c3ccccc31)[C@@H](C)[C@@H]2NC(=O)C(C)(C)C. The zero-order chi connectivity index (χ0) is 21.8. The first-order valence-electron chi connectivity index (χ1n) is 10.1. The lowest BCUT2D eigenvalue weighted by Crippen LogP contribution is -2.47. The predicted octanol–water partition coefficient (Wildman–Crippen LogP) is 3.54. The van der Waals surface area contributed by atoms with Crippen LogP contribution in [0.25, 0.3) is 0 Å². The summed E-state index contributed by atoms with van der Waals surface area (Å²) in [5, 5.41) is 6.47. The molecule has 0 aromatic heterocycles. The Bertz CT molecular complexity index is 1040. The topological polar surface area (TPSA) is 76.7 Å². The average molecular weight is 408 g/mol. The predicted molar refractivity (Wildman–Crippen MR) is 114 cm³/mol. The summed E-state index contributed by atoms with van der Waals surface area (Å²) in [6.07, 6.45) is 0. The third-order valence-electron chi connectivity index (χ3n) is 6.37. The zero-order valence-electron chi connectivity index (χ0n) is 18.3. The molecule has 0 radical (unpaired) electrons. The Kier molecular flexibility index (Phi) is 4.56. The van der Waals surface area contributed by atoms with Crippen molar-refractivity contribution in [2.45, 2.75) is 39.3 Å². The van der Waals surface area contributed by atoms with Crippen LogP contribution in [0.4, 0.5) is 0 Å². The molecule has 6 heteroatoms. The van der Waals surface area contributed by atoms with Gasteiger partial charge in [0.15, 0.2) is 0 Å². The van der Waals surface area contributed by atoms with Gasteiger partial charge in [-0.05, 0) is 23.3 Å². The van der Waals surface area contributed by atoms with Gasteiger partial charge in [-0.2, -0.15) is 0 Å². The Hall–Kier alpha value is -3.02. The van der Waals surface area contributed by atoms with Crippen molar-refractivity contribution < 1.29 is 19.1 Å². The highest BCUT2D eigenvalue weighted by molar-refractivity contribution is 6.01. The Morgan fingerprint density at radius 3 is 2.43 bits per heavy atom. The number of carbonyl (C=O) groups is 2. The first kappa shape index (κ1) is 20.3. The van der Waals surface area contributed by atoms with E-state index in [2.05, 4.69) is 17.6 Å². The Morgan fingerprint density at radius 1 is 1.10 bits per heavy atom. The van der Waals surface area contributed by atoms with Crippen molar-refractivity contribution in [2.24, 2.45) is 11.3 Å². The van der Waals surface area contributed by atoms with E-state index in [1.165, 1.54) is 0 Å². The molecule has 2 amide bonds. The number of amides is 2. The summed E-state index contributed by atoms with van der Waals surface area (Å²) >= 11 is 0. The number of ether oxygens (including phenoxy) is 2. The van der Waals surface area contributed by atoms with Crippen LogP contribution in [0, 0.1) is 11.3 Å². The fraction of sp³-hybridized carbons (Fsp3) is 0.417. The second kappa shape index (κ2) is 6.76. The van der Waals surface area contributed by atoms with Crippen molar-refractivity contribution in [1.29, 1.82) is 0 Å². The molecule has 30 heavy (non-hydrogen) atoms. The standard InChI is InChI=1S/C24H28N2O4/c1-13-20(25-22(28)23(2,3)4)19-17(11-14(29-5)12-18(19)30-6)24(13)16-10-8-7-9-15(16)21(27)26-24/h7-13,20H,1-6H3,(H,25,28)(H,26,27)/t13-,20-,24+/m0/s1. The maximum Gasteiger partial charge on any atom is 0.252 e. The number of methoxy groups -OCH3 is 2. The molecule has 0 saturated carbocycles. The molecule has 0 bridgehead atoms. The normalized spacial score (nSPS) is 24.3. The van der Waals surface area contributed by atoms with Crippen LogP contribution in [0.15, 0.2) is 36.4 Å².